The minimum absolute atomic E-state index is 0.184. The molecular weight excluding hydrogens is 452 g/mol. The van der Waals surface area contributed by atoms with E-state index in [0.29, 0.717) is 24.5 Å². The van der Waals surface area contributed by atoms with Crippen LogP contribution in [0.1, 0.15) is 16.7 Å². The van der Waals surface area contributed by atoms with E-state index in [-0.39, 0.29) is 19.1 Å². The molecule has 1 N–H and O–H groups in total. The third-order valence-electron chi connectivity index (χ3n) is 6.74. The maximum atomic E-state index is 13.0. The van der Waals surface area contributed by atoms with Crippen LogP contribution < -0.4 is 10.2 Å². The molecule has 1 aromatic heterocycles. The molecule has 10 heteroatoms. The minimum Gasteiger partial charge on any atom is -0.354 e. The number of nitrogens with zero attached hydrogens (tertiary/aromatic N) is 5. The molecular formula is C24H34N6O3S. The van der Waals surface area contributed by atoms with Gasteiger partial charge in [0.05, 0.1) is 4.90 Å². The smallest absolute Gasteiger partial charge is 0.317 e. The van der Waals surface area contributed by atoms with Crippen LogP contribution in [-0.4, -0.2) is 92.9 Å². The zero-order valence-electron chi connectivity index (χ0n) is 20.2. The lowest BCUT2D eigenvalue weighted by atomic mass is 10.1. The summed E-state index contributed by atoms with van der Waals surface area (Å²) < 4.78 is 27.5. The molecule has 2 aliphatic rings. The maximum absolute atomic E-state index is 13.0. The van der Waals surface area contributed by atoms with E-state index in [4.69, 9.17) is 0 Å². The number of urea groups is 1. The van der Waals surface area contributed by atoms with E-state index < -0.39 is 10.0 Å². The van der Waals surface area contributed by atoms with Gasteiger partial charge >= 0.3 is 6.03 Å². The van der Waals surface area contributed by atoms with E-state index in [0.717, 1.165) is 48.7 Å². The van der Waals surface area contributed by atoms with Crippen LogP contribution in [0, 0.1) is 13.8 Å². The molecule has 2 aromatic rings. The molecule has 0 saturated carbocycles. The fourth-order valence-corrected chi connectivity index (χ4v) is 5.82. The topological polar surface area (TPSA) is 89.1 Å². The van der Waals surface area contributed by atoms with E-state index in [1.807, 2.05) is 32.0 Å². The Labute approximate surface area is 202 Å². The second kappa shape index (κ2) is 10.3. The van der Waals surface area contributed by atoms with Gasteiger partial charge in [0.25, 0.3) is 0 Å². The highest BCUT2D eigenvalue weighted by Gasteiger charge is 2.30. The summed E-state index contributed by atoms with van der Waals surface area (Å²) in [5.74, 6) is 0.917. The third kappa shape index (κ3) is 5.34. The Morgan fingerprint density at radius 3 is 2.35 bits per heavy atom. The summed E-state index contributed by atoms with van der Waals surface area (Å²) in [6, 6.07) is 8.90. The highest BCUT2D eigenvalue weighted by molar-refractivity contribution is 7.89. The number of likely N-dealkylation sites (N-methyl/N-ethyl adjacent to an activating group) is 1. The van der Waals surface area contributed by atoms with Gasteiger partial charge in [0.2, 0.25) is 10.0 Å². The van der Waals surface area contributed by atoms with E-state index in [1.165, 1.54) is 4.31 Å². The largest absolute Gasteiger partial charge is 0.354 e. The first-order chi connectivity index (χ1) is 16.3. The Morgan fingerprint density at radius 1 is 0.971 bits per heavy atom. The number of aryl methyl sites for hydroxylation is 2. The Hall–Kier alpha value is -2.69. The number of rotatable bonds is 5. The lowest BCUT2D eigenvalue weighted by molar-refractivity contribution is 0.172. The summed E-state index contributed by atoms with van der Waals surface area (Å²) in [4.78, 5) is 23.9. The van der Waals surface area contributed by atoms with Gasteiger partial charge in [0.1, 0.15) is 5.82 Å². The maximum Gasteiger partial charge on any atom is 0.317 e. The van der Waals surface area contributed by atoms with Crippen molar-refractivity contribution < 1.29 is 13.2 Å². The van der Waals surface area contributed by atoms with E-state index in [1.54, 1.807) is 23.2 Å². The number of piperazine rings is 2. The van der Waals surface area contributed by atoms with Crippen molar-refractivity contribution in [3.8, 4) is 0 Å². The molecule has 2 aliphatic heterocycles. The molecule has 34 heavy (non-hydrogen) atoms. The summed E-state index contributed by atoms with van der Waals surface area (Å²) in [5, 5.41) is 3.00. The van der Waals surface area contributed by atoms with Crippen LogP contribution in [0.5, 0.6) is 0 Å². The number of carbonyl (C=O) groups is 1. The van der Waals surface area contributed by atoms with Gasteiger partial charge in [-0.3, -0.25) is 0 Å². The molecule has 1 aromatic carbocycles. The number of pyridine rings is 1. The van der Waals surface area contributed by atoms with Crippen molar-refractivity contribution in [2.75, 3.05) is 64.3 Å². The molecule has 0 atom stereocenters. The second-order valence-corrected chi connectivity index (χ2v) is 11.0. The summed E-state index contributed by atoms with van der Waals surface area (Å²) in [6.07, 6.45) is 1.79. The monoisotopic (exact) mass is 486 g/mol. The van der Waals surface area contributed by atoms with Crippen LogP contribution in [0.4, 0.5) is 10.6 Å². The number of hydrogen-bond donors (Lipinski definition) is 1. The number of benzene rings is 1. The Bertz CT molecular complexity index is 1120. The molecule has 184 valence electrons. The number of aromatic nitrogens is 1. The van der Waals surface area contributed by atoms with Crippen molar-refractivity contribution >= 4 is 21.9 Å². The van der Waals surface area contributed by atoms with E-state index >= 15 is 0 Å². The van der Waals surface area contributed by atoms with Gasteiger partial charge in [-0.05, 0) is 50.2 Å². The van der Waals surface area contributed by atoms with Crippen LogP contribution in [0.3, 0.4) is 0 Å². The molecule has 2 saturated heterocycles. The minimum atomic E-state index is -3.57. The third-order valence-corrected chi connectivity index (χ3v) is 8.64. The van der Waals surface area contributed by atoms with Crippen molar-refractivity contribution in [3.05, 3.63) is 53.2 Å². The van der Waals surface area contributed by atoms with Crippen molar-refractivity contribution in [2.45, 2.75) is 25.3 Å². The predicted octanol–water partition coefficient (Wildman–Crippen LogP) is 1.67. The van der Waals surface area contributed by atoms with Gasteiger partial charge in [-0.2, -0.15) is 4.31 Å². The fourth-order valence-electron chi connectivity index (χ4n) is 4.31. The Morgan fingerprint density at radius 2 is 1.68 bits per heavy atom. The summed E-state index contributed by atoms with van der Waals surface area (Å²) in [7, 11) is -1.46. The van der Waals surface area contributed by atoms with Crippen molar-refractivity contribution in [1.29, 1.82) is 0 Å². The number of anilines is 1. The normalized spacial score (nSPS) is 18.2. The highest BCUT2D eigenvalue weighted by atomic mass is 32.2. The fraction of sp³-hybridized carbons (Fsp3) is 0.500. The Balaban J connectivity index is 1.33. The van der Waals surface area contributed by atoms with E-state index in [2.05, 4.69) is 27.1 Å². The van der Waals surface area contributed by atoms with Gasteiger partial charge in [-0.1, -0.05) is 12.1 Å². The summed E-state index contributed by atoms with van der Waals surface area (Å²) >= 11 is 0. The van der Waals surface area contributed by atoms with Gasteiger partial charge in [-0.25, -0.2) is 18.2 Å². The van der Waals surface area contributed by atoms with Crippen molar-refractivity contribution in [2.24, 2.45) is 0 Å². The van der Waals surface area contributed by atoms with Crippen LogP contribution in [0.15, 0.2) is 41.4 Å². The Kier molecular flexibility index (Phi) is 7.39. The van der Waals surface area contributed by atoms with Crippen LogP contribution >= 0.6 is 0 Å². The van der Waals surface area contributed by atoms with Gasteiger partial charge in [0, 0.05) is 70.7 Å². The molecule has 4 rings (SSSR count). The van der Waals surface area contributed by atoms with E-state index in [9.17, 15) is 13.2 Å². The average molecular weight is 487 g/mol. The van der Waals surface area contributed by atoms with Gasteiger partial charge in [0.15, 0.2) is 0 Å². The number of sulfonamides is 1. The molecule has 2 amide bonds. The molecule has 0 spiro atoms. The number of carbonyl (C=O) groups excluding carboxylic acids is 1. The zero-order valence-corrected chi connectivity index (χ0v) is 21.0. The molecule has 0 aliphatic carbocycles. The van der Waals surface area contributed by atoms with Crippen molar-refractivity contribution in [1.82, 2.24) is 24.4 Å². The zero-order chi connectivity index (χ0) is 24.3. The van der Waals surface area contributed by atoms with Crippen LogP contribution in [0.25, 0.3) is 0 Å². The first kappa shape index (κ1) is 24.4. The molecule has 0 unspecified atom stereocenters. The number of hydrogen-bond acceptors (Lipinski definition) is 6. The van der Waals surface area contributed by atoms with Gasteiger partial charge < -0.3 is 20.0 Å². The molecule has 2 fully saturated rings. The summed E-state index contributed by atoms with van der Waals surface area (Å²) in [6.45, 7) is 9.31. The van der Waals surface area contributed by atoms with Crippen LogP contribution in [0.2, 0.25) is 0 Å². The molecule has 9 nitrogen and oxygen atoms in total. The van der Waals surface area contributed by atoms with Crippen LogP contribution in [-0.2, 0) is 16.6 Å². The lowest BCUT2D eigenvalue weighted by Gasteiger charge is -2.35. The summed E-state index contributed by atoms with van der Waals surface area (Å²) in [5.41, 5.74) is 2.99. The average Bonchev–Trinajstić information content (AvgIpc) is 2.85. The molecule has 0 radical (unpaired) electrons. The quantitative estimate of drug-likeness (QED) is 0.692. The predicted molar refractivity (Wildman–Crippen MR) is 132 cm³/mol. The van der Waals surface area contributed by atoms with Gasteiger partial charge in [-0.15, -0.1) is 0 Å². The first-order valence-corrected chi connectivity index (χ1v) is 13.2. The molecule has 3 heterocycles. The lowest BCUT2D eigenvalue weighted by Crippen LogP contribution is -2.53. The number of amides is 2. The van der Waals surface area contributed by atoms with Crippen molar-refractivity contribution in [3.63, 3.8) is 0 Å². The standard InChI is InChI=1S/C24H34N6O3S/c1-19-6-7-22(17-20(19)2)34(32,33)30-15-13-29(14-16-30)24(31)26-18-21-5-4-8-25-23(21)28-11-9-27(3)10-12-28/h4-8,17H,9-16,18H2,1-3H3,(H,26,31). The SMILES string of the molecule is Cc1ccc(S(=O)(=O)N2CCN(C(=O)NCc3cccnc3N3CCN(C)CC3)CC2)cc1C. The second-order valence-electron chi connectivity index (χ2n) is 9.07. The first-order valence-electron chi connectivity index (χ1n) is 11.7. The number of nitrogens with one attached hydrogen (secondary N) is 1. The molecule has 0 bridgehead atoms. The highest BCUT2D eigenvalue weighted by Crippen LogP contribution is 2.21.